The normalized spacial score (nSPS) is 18.4. The number of fused-ring (bicyclic) bond motifs is 3. The van der Waals surface area contributed by atoms with E-state index in [0.717, 1.165) is 58.9 Å². The van der Waals surface area contributed by atoms with Gasteiger partial charge in [-0.05, 0) is 40.4 Å². The molecule has 0 unspecified atom stereocenters. The van der Waals surface area contributed by atoms with Crippen molar-refractivity contribution in [3.05, 3.63) is 40.9 Å². The fraction of sp³-hybridized carbons (Fsp3) is 0.333. The minimum atomic E-state index is -0.427. The van der Waals surface area contributed by atoms with Crippen molar-refractivity contribution >= 4 is 44.5 Å². The van der Waals surface area contributed by atoms with Crippen LogP contribution in [0, 0.1) is 0 Å². The molecule has 26 heavy (non-hydrogen) atoms. The smallest absolute Gasteiger partial charge is 0.235 e. The molecule has 1 N–H and O–H groups in total. The Hall–Kier alpha value is -2.48. The molecule has 0 radical (unpaired) electrons. The van der Waals surface area contributed by atoms with Gasteiger partial charge in [0.1, 0.15) is 6.33 Å². The van der Waals surface area contributed by atoms with E-state index in [4.69, 9.17) is 0 Å². The van der Waals surface area contributed by atoms with Gasteiger partial charge in [0.05, 0.1) is 5.41 Å². The van der Waals surface area contributed by atoms with Crippen molar-refractivity contribution in [2.45, 2.75) is 18.3 Å². The first-order valence-corrected chi connectivity index (χ1v) is 9.38. The molecule has 8 heteroatoms. The predicted octanol–water partition coefficient (Wildman–Crippen LogP) is 2.62. The fourth-order valence-electron chi connectivity index (χ4n) is 4.16. The van der Waals surface area contributed by atoms with Crippen LogP contribution in [0.5, 0.6) is 0 Å². The van der Waals surface area contributed by atoms with Gasteiger partial charge in [-0.2, -0.15) is 0 Å². The number of rotatable bonds is 1. The van der Waals surface area contributed by atoms with Gasteiger partial charge in [0.15, 0.2) is 21.7 Å². The minimum Gasteiger partial charge on any atom is -0.355 e. The monoisotopic (exact) mass is 412 g/mol. The van der Waals surface area contributed by atoms with E-state index in [9.17, 15) is 4.79 Å². The van der Waals surface area contributed by atoms with Crippen LogP contribution in [0.15, 0.2) is 35.3 Å². The Kier molecular flexibility index (Phi) is 3.34. The Morgan fingerprint density at radius 2 is 1.96 bits per heavy atom. The average molecular weight is 413 g/mol. The first-order chi connectivity index (χ1) is 12.6. The maximum Gasteiger partial charge on any atom is 0.235 e. The van der Waals surface area contributed by atoms with Gasteiger partial charge < -0.3 is 14.8 Å². The lowest BCUT2D eigenvalue weighted by molar-refractivity contribution is -0.121. The highest BCUT2D eigenvalue weighted by Crippen LogP contribution is 2.45. The molecule has 1 spiro atoms. The second-order valence-electron chi connectivity index (χ2n) is 6.88. The largest absolute Gasteiger partial charge is 0.355 e. The van der Waals surface area contributed by atoms with Gasteiger partial charge in [-0.15, -0.1) is 0 Å². The zero-order chi connectivity index (χ0) is 17.9. The molecule has 2 aliphatic rings. The fourth-order valence-corrected chi connectivity index (χ4v) is 4.51. The quantitative estimate of drug-likeness (QED) is 0.621. The number of benzene rings is 1. The van der Waals surface area contributed by atoms with Gasteiger partial charge in [-0.25, -0.2) is 15.0 Å². The molecule has 1 aromatic carbocycles. The molecule has 1 amide bonds. The maximum atomic E-state index is 12.7. The number of nitrogens with one attached hydrogen (secondary N) is 1. The standard InChI is InChI=1S/C18H17BrN6O/c1-24-14-13(23-17(24)19)15(21-10-20-14)25-8-6-18(7-9-25)11-4-2-3-5-12(11)22-16(18)26/h2-5,10H,6-9H2,1H3,(H,22,26). The third-order valence-corrected chi connectivity index (χ3v) is 6.33. The van der Waals surface area contributed by atoms with E-state index >= 15 is 0 Å². The molecule has 3 aromatic rings. The zero-order valence-corrected chi connectivity index (χ0v) is 15.8. The summed E-state index contributed by atoms with van der Waals surface area (Å²) >= 11 is 3.45. The highest BCUT2D eigenvalue weighted by molar-refractivity contribution is 9.10. The van der Waals surface area contributed by atoms with E-state index < -0.39 is 5.41 Å². The van der Waals surface area contributed by atoms with Crippen molar-refractivity contribution in [2.24, 2.45) is 7.05 Å². The van der Waals surface area contributed by atoms with Crippen molar-refractivity contribution in [2.75, 3.05) is 23.3 Å². The first kappa shape index (κ1) is 15.7. The molecule has 1 fully saturated rings. The number of hydrogen-bond donors (Lipinski definition) is 1. The molecule has 1 saturated heterocycles. The van der Waals surface area contributed by atoms with Crippen LogP contribution in [-0.4, -0.2) is 38.5 Å². The third kappa shape index (κ3) is 2.05. The van der Waals surface area contributed by atoms with E-state index in [2.05, 4.69) is 47.2 Å². The number of imidazole rings is 1. The summed E-state index contributed by atoms with van der Waals surface area (Å²) in [6.45, 7) is 1.50. The van der Waals surface area contributed by atoms with Crippen LogP contribution in [0.25, 0.3) is 11.2 Å². The van der Waals surface area contributed by atoms with Crippen LogP contribution in [0.4, 0.5) is 11.5 Å². The lowest BCUT2D eigenvalue weighted by Gasteiger charge is -2.38. The van der Waals surface area contributed by atoms with Gasteiger partial charge >= 0.3 is 0 Å². The van der Waals surface area contributed by atoms with E-state index in [0.29, 0.717) is 0 Å². The summed E-state index contributed by atoms with van der Waals surface area (Å²) in [5.41, 5.74) is 3.23. The Labute approximate surface area is 158 Å². The van der Waals surface area contributed by atoms with Crippen molar-refractivity contribution in [3.8, 4) is 0 Å². The summed E-state index contributed by atoms with van der Waals surface area (Å²) in [5, 5.41) is 3.05. The number of carbonyl (C=O) groups is 1. The second-order valence-corrected chi connectivity index (χ2v) is 7.59. The number of hydrogen-bond acceptors (Lipinski definition) is 5. The van der Waals surface area contributed by atoms with Gasteiger partial charge in [-0.3, -0.25) is 4.79 Å². The summed E-state index contributed by atoms with van der Waals surface area (Å²) in [6, 6.07) is 8.02. The van der Waals surface area contributed by atoms with E-state index in [1.54, 1.807) is 6.33 Å². The maximum absolute atomic E-state index is 12.7. The number of halogens is 1. The van der Waals surface area contributed by atoms with E-state index in [1.807, 2.05) is 29.8 Å². The summed E-state index contributed by atoms with van der Waals surface area (Å²) in [5.74, 6) is 0.949. The van der Waals surface area contributed by atoms with Crippen molar-refractivity contribution in [1.29, 1.82) is 0 Å². The number of piperidine rings is 1. The van der Waals surface area contributed by atoms with Crippen molar-refractivity contribution in [3.63, 3.8) is 0 Å². The molecule has 0 bridgehead atoms. The lowest BCUT2D eigenvalue weighted by atomic mass is 9.73. The lowest BCUT2D eigenvalue weighted by Crippen LogP contribution is -2.46. The van der Waals surface area contributed by atoms with Gasteiger partial charge in [0, 0.05) is 25.8 Å². The number of aryl methyl sites for hydroxylation is 1. The highest BCUT2D eigenvalue weighted by atomic mass is 79.9. The molecule has 132 valence electrons. The Bertz CT molecular complexity index is 1040. The van der Waals surface area contributed by atoms with Gasteiger partial charge in [0.2, 0.25) is 5.91 Å². The summed E-state index contributed by atoms with van der Waals surface area (Å²) in [7, 11) is 1.92. The van der Waals surface area contributed by atoms with Crippen molar-refractivity contribution < 1.29 is 4.79 Å². The topological polar surface area (TPSA) is 75.9 Å². The molecule has 0 saturated carbocycles. The van der Waals surface area contributed by atoms with Gasteiger partial charge in [-0.1, -0.05) is 18.2 Å². The van der Waals surface area contributed by atoms with Crippen LogP contribution < -0.4 is 10.2 Å². The van der Waals surface area contributed by atoms with Crippen LogP contribution in [0.2, 0.25) is 0 Å². The molecule has 7 nitrogen and oxygen atoms in total. The Morgan fingerprint density at radius 3 is 2.77 bits per heavy atom. The summed E-state index contributed by atoms with van der Waals surface area (Å²) in [4.78, 5) is 28.3. The average Bonchev–Trinajstić information content (AvgIpc) is 3.11. The molecule has 2 aromatic heterocycles. The number of carbonyl (C=O) groups excluding carboxylic acids is 1. The van der Waals surface area contributed by atoms with E-state index in [1.165, 1.54) is 0 Å². The van der Waals surface area contributed by atoms with Gasteiger partial charge in [0.25, 0.3) is 0 Å². The van der Waals surface area contributed by atoms with Crippen LogP contribution in [0.1, 0.15) is 18.4 Å². The Balaban J connectivity index is 1.49. The third-order valence-electron chi connectivity index (χ3n) is 5.62. The number of para-hydroxylation sites is 1. The second kappa shape index (κ2) is 5.51. The molecule has 0 atom stereocenters. The number of nitrogens with zero attached hydrogens (tertiary/aromatic N) is 5. The molecule has 5 rings (SSSR count). The number of amides is 1. The zero-order valence-electron chi connectivity index (χ0n) is 14.2. The first-order valence-electron chi connectivity index (χ1n) is 8.59. The van der Waals surface area contributed by atoms with Crippen LogP contribution in [-0.2, 0) is 17.3 Å². The molecular weight excluding hydrogens is 396 g/mol. The molecular formula is C18H17BrN6O. The van der Waals surface area contributed by atoms with Crippen LogP contribution in [0.3, 0.4) is 0 Å². The number of aromatic nitrogens is 4. The SMILES string of the molecule is Cn1c(Br)nc2c(N3CCC4(CC3)C(=O)Nc3ccccc34)ncnc21. The predicted molar refractivity (Wildman–Crippen MR) is 102 cm³/mol. The summed E-state index contributed by atoms with van der Waals surface area (Å²) < 4.78 is 2.62. The number of anilines is 2. The molecule has 4 heterocycles. The molecule has 2 aliphatic heterocycles. The van der Waals surface area contributed by atoms with Crippen LogP contribution >= 0.6 is 15.9 Å². The van der Waals surface area contributed by atoms with Crippen molar-refractivity contribution in [1.82, 2.24) is 19.5 Å². The van der Waals surface area contributed by atoms with E-state index in [-0.39, 0.29) is 5.91 Å². The Morgan fingerprint density at radius 1 is 1.19 bits per heavy atom. The molecule has 0 aliphatic carbocycles. The minimum absolute atomic E-state index is 0.117. The summed E-state index contributed by atoms with van der Waals surface area (Å²) in [6.07, 6.45) is 3.10. The highest BCUT2D eigenvalue weighted by Gasteiger charge is 2.48.